The third-order valence-electron chi connectivity index (χ3n) is 4.13. The van der Waals surface area contributed by atoms with E-state index in [4.69, 9.17) is 16.1 Å². The predicted octanol–water partition coefficient (Wildman–Crippen LogP) is 3.26. The zero-order valence-electron chi connectivity index (χ0n) is 15.1. The van der Waals surface area contributed by atoms with Gasteiger partial charge >= 0.3 is 0 Å². The number of hydrogen-bond donors (Lipinski definition) is 1. The number of amides is 1. The lowest BCUT2D eigenvalue weighted by atomic mass is 10.1. The molecule has 150 valence electrons. The predicted molar refractivity (Wildman–Crippen MR) is 100 cm³/mol. The second-order valence-corrected chi connectivity index (χ2v) is 6.47. The van der Waals surface area contributed by atoms with Gasteiger partial charge in [0.2, 0.25) is 0 Å². The molecular weight excluding hydrogens is 408 g/mol. The van der Waals surface area contributed by atoms with Gasteiger partial charge in [0.15, 0.2) is 5.69 Å². The maximum atomic E-state index is 12.7. The number of nitro benzene ring substituents is 2. The second kappa shape index (κ2) is 7.67. The highest BCUT2D eigenvalue weighted by atomic mass is 35.5. The average Bonchev–Trinajstić information content (AvgIpc) is 3.22. The molecule has 0 fully saturated rings. The SMILES string of the molecule is Cc1onc(C(=O)Nc2cc([N+](=O)[O-])c(C)c([N+](=O)[O-])c2)c1Cn1cc(Cl)cn1. The van der Waals surface area contributed by atoms with E-state index in [1.807, 2.05) is 0 Å². The number of carbonyl (C=O) groups is 1. The van der Waals surface area contributed by atoms with Crippen molar-refractivity contribution in [2.75, 3.05) is 5.32 Å². The lowest BCUT2D eigenvalue weighted by Crippen LogP contribution is -2.16. The molecule has 29 heavy (non-hydrogen) atoms. The van der Waals surface area contributed by atoms with Crippen LogP contribution in [0.2, 0.25) is 5.02 Å². The van der Waals surface area contributed by atoms with Gasteiger partial charge in [-0.15, -0.1) is 0 Å². The summed E-state index contributed by atoms with van der Waals surface area (Å²) in [4.78, 5) is 33.5. The van der Waals surface area contributed by atoms with Crippen molar-refractivity contribution < 1.29 is 19.2 Å². The van der Waals surface area contributed by atoms with Crippen LogP contribution in [-0.2, 0) is 6.54 Å². The number of nitrogens with zero attached hydrogens (tertiary/aromatic N) is 5. The van der Waals surface area contributed by atoms with Gasteiger partial charge in [-0.1, -0.05) is 16.8 Å². The minimum atomic E-state index is -0.759. The third-order valence-corrected chi connectivity index (χ3v) is 4.32. The Hall–Kier alpha value is -3.80. The molecular formula is C16H13ClN6O6. The number of aromatic nitrogens is 3. The molecule has 0 saturated carbocycles. The molecule has 1 aromatic carbocycles. The molecule has 1 amide bonds. The van der Waals surface area contributed by atoms with Crippen LogP contribution in [0.3, 0.4) is 0 Å². The Kier molecular flexibility index (Phi) is 5.28. The number of rotatable bonds is 6. The number of hydrogen-bond acceptors (Lipinski definition) is 8. The van der Waals surface area contributed by atoms with E-state index in [2.05, 4.69) is 15.6 Å². The van der Waals surface area contributed by atoms with Crippen LogP contribution in [0, 0.1) is 34.1 Å². The van der Waals surface area contributed by atoms with Gasteiger partial charge in [-0.25, -0.2) is 0 Å². The van der Waals surface area contributed by atoms with E-state index in [1.54, 1.807) is 13.1 Å². The highest BCUT2D eigenvalue weighted by molar-refractivity contribution is 6.30. The highest BCUT2D eigenvalue weighted by Gasteiger charge is 2.26. The van der Waals surface area contributed by atoms with Gasteiger partial charge in [-0.3, -0.25) is 29.7 Å². The minimum absolute atomic E-state index is 0.0833. The Morgan fingerprint density at radius 1 is 1.24 bits per heavy atom. The Morgan fingerprint density at radius 2 is 1.86 bits per heavy atom. The Morgan fingerprint density at radius 3 is 2.38 bits per heavy atom. The van der Waals surface area contributed by atoms with E-state index in [0.717, 1.165) is 12.1 Å². The molecule has 0 saturated heterocycles. The topological polar surface area (TPSA) is 159 Å². The molecule has 3 aromatic rings. The first kappa shape index (κ1) is 19.9. The number of halogens is 1. The van der Waals surface area contributed by atoms with E-state index in [1.165, 1.54) is 17.8 Å². The maximum Gasteiger partial charge on any atom is 0.281 e. The lowest BCUT2D eigenvalue weighted by Gasteiger charge is -2.07. The molecule has 0 aliphatic rings. The molecule has 0 aliphatic carbocycles. The summed E-state index contributed by atoms with van der Waals surface area (Å²) in [5, 5.41) is 32.9. The summed E-state index contributed by atoms with van der Waals surface area (Å²) < 4.78 is 6.55. The summed E-state index contributed by atoms with van der Waals surface area (Å²) in [6.45, 7) is 3.00. The highest BCUT2D eigenvalue weighted by Crippen LogP contribution is 2.32. The van der Waals surface area contributed by atoms with Crippen molar-refractivity contribution >= 4 is 34.6 Å². The summed E-state index contributed by atoms with van der Waals surface area (Å²) in [5.41, 5.74) is -0.882. The van der Waals surface area contributed by atoms with Crippen LogP contribution < -0.4 is 5.32 Å². The number of benzene rings is 1. The summed E-state index contributed by atoms with van der Waals surface area (Å²) >= 11 is 5.83. The zero-order valence-corrected chi connectivity index (χ0v) is 15.8. The number of nitrogens with one attached hydrogen (secondary N) is 1. The van der Waals surface area contributed by atoms with E-state index in [9.17, 15) is 25.0 Å². The van der Waals surface area contributed by atoms with Crippen LogP contribution in [-0.4, -0.2) is 30.7 Å². The van der Waals surface area contributed by atoms with Gasteiger partial charge in [0, 0.05) is 23.9 Å². The smallest absolute Gasteiger partial charge is 0.281 e. The van der Waals surface area contributed by atoms with E-state index >= 15 is 0 Å². The molecule has 3 rings (SSSR count). The third kappa shape index (κ3) is 4.06. The fourth-order valence-corrected chi connectivity index (χ4v) is 2.82. The van der Waals surface area contributed by atoms with Crippen molar-refractivity contribution in [2.24, 2.45) is 0 Å². The first-order valence-corrected chi connectivity index (χ1v) is 8.43. The van der Waals surface area contributed by atoms with Gasteiger partial charge < -0.3 is 9.84 Å². The van der Waals surface area contributed by atoms with Crippen LogP contribution in [0.1, 0.15) is 27.4 Å². The van der Waals surface area contributed by atoms with Crippen molar-refractivity contribution in [3.05, 3.63) is 72.4 Å². The standard InChI is InChI=1S/C16H13ClN6O6/c1-8-13(22(25)26)3-11(4-14(8)23(27)28)19-16(24)15-12(9(2)29-20-15)7-21-6-10(17)5-18-21/h3-6H,7H2,1-2H3,(H,19,24). The maximum absolute atomic E-state index is 12.7. The van der Waals surface area contributed by atoms with Gasteiger partial charge in [-0.2, -0.15) is 5.10 Å². The number of carbonyl (C=O) groups excluding carboxylic acids is 1. The monoisotopic (exact) mass is 420 g/mol. The summed E-state index contributed by atoms with van der Waals surface area (Å²) in [6, 6.07) is 2.08. The zero-order chi connectivity index (χ0) is 21.3. The first-order valence-electron chi connectivity index (χ1n) is 8.05. The molecule has 13 heteroatoms. The van der Waals surface area contributed by atoms with Crippen molar-refractivity contribution in [1.82, 2.24) is 14.9 Å². The molecule has 12 nitrogen and oxygen atoms in total. The van der Waals surface area contributed by atoms with E-state index in [0.29, 0.717) is 16.3 Å². The van der Waals surface area contributed by atoms with E-state index in [-0.39, 0.29) is 23.5 Å². The van der Waals surface area contributed by atoms with Crippen LogP contribution in [0.25, 0.3) is 0 Å². The quantitative estimate of drug-likeness (QED) is 0.469. The van der Waals surface area contributed by atoms with Crippen molar-refractivity contribution in [3.8, 4) is 0 Å². The summed E-state index contributed by atoms with van der Waals surface area (Å²) in [5.74, 6) is -0.384. The molecule has 1 N–H and O–H groups in total. The molecule has 2 aromatic heterocycles. The summed E-state index contributed by atoms with van der Waals surface area (Å²) in [6.07, 6.45) is 2.97. The molecule has 0 unspecified atom stereocenters. The number of nitro groups is 2. The van der Waals surface area contributed by atoms with Crippen LogP contribution in [0.4, 0.5) is 17.1 Å². The number of aryl methyl sites for hydroxylation is 1. The Balaban J connectivity index is 1.93. The Labute approximate surface area is 167 Å². The van der Waals surface area contributed by atoms with Crippen molar-refractivity contribution in [2.45, 2.75) is 20.4 Å². The van der Waals surface area contributed by atoms with Gasteiger partial charge in [0.05, 0.1) is 33.3 Å². The number of anilines is 1. The fraction of sp³-hybridized carbons (Fsp3) is 0.188. The normalized spacial score (nSPS) is 10.7. The minimum Gasteiger partial charge on any atom is -0.361 e. The van der Waals surface area contributed by atoms with Gasteiger partial charge in [-0.05, 0) is 13.8 Å². The second-order valence-electron chi connectivity index (χ2n) is 6.03. The van der Waals surface area contributed by atoms with E-state index < -0.39 is 27.1 Å². The first-order chi connectivity index (χ1) is 13.7. The fourth-order valence-electron chi connectivity index (χ4n) is 2.67. The van der Waals surface area contributed by atoms with Crippen LogP contribution in [0.15, 0.2) is 29.0 Å². The molecule has 0 spiro atoms. The lowest BCUT2D eigenvalue weighted by molar-refractivity contribution is -0.395. The molecule has 0 radical (unpaired) electrons. The molecule has 2 heterocycles. The Bertz CT molecular complexity index is 1100. The molecule has 0 aliphatic heterocycles. The van der Waals surface area contributed by atoms with Crippen LogP contribution in [0.5, 0.6) is 0 Å². The van der Waals surface area contributed by atoms with Crippen molar-refractivity contribution in [1.29, 1.82) is 0 Å². The largest absolute Gasteiger partial charge is 0.361 e. The van der Waals surface area contributed by atoms with Gasteiger partial charge in [0.1, 0.15) is 11.3 Å². The van der Waals surface area contributed by atoms with Crippen molar-refractivity contribution in [3.63, 3.8) is 0 Å². The average molecular weight is 421 g/mol. The summed E-state index contributed by atoms with van der Waals surface area (Å²) in [7, 11) is 0. The molecule has 0 bridgehead atoms. The van der Waals surface area contributed by atoms with Crippen LogP contribution >= 0.6 is 11.6 Å². The molecule has 0 atom stereocenters. The van der Waals surface area contributed by atoms with Gasteiger partial charge in [0.25, 0.3) is 17.3 Å².